The minimum absolute atomic E-state index is 0.00981. The fraction of sp³-hybridized carbons (Fsp3) is 0.625. The zero-order valence-electron chi connectivity index (χ0n) is 7.90. The van der Waals surface area contributed by atoms with Crippen LogP contribution in [-0.4, -0.2) is 21.9 Å². The van der Waals surface area contributed by atoms with Gasteiger partial charge in [-0.15, -0.1) is 0 Å². The molecule has 0 radical (unpaired) electrons. The Balaban J connectivity index is 2.39. The van der Waals surface area contributed by atoms with E-state index in [1.54, 1.807) is 0 Å². The summed E-state index contributed by atoms with van der Waals surface area (Å²) in [5, 5.41) is 0.559. The second-order valence-corrected chi connectivity index (χ2v) is 4.05. The summed E-state index contributed by atoms with van der Waals surface area (Å²) in [5.41, 5.74) is 1.74. The van der Waals surface area contributed by atoms with Gasteiger partial charge in [0.2, 0.25) is 0 Å². The molecule has 0 amide bonds. The van der Waals surface area contributed by atoms with Crippen molar-refractivity contribution in [2.75, 3.05) is 5.75 Å². The normalized spacial score (nSPS) is 12.1. The van der Waals surface area contributed by atoms with Crippen molar-refractivity contribution < 1.29 is 13.2 Å². The summed E-state index contributed by atoms with van der Waals surface area (Å²) in [6.07, 6.45) is -4.86. The average molecular weight is 224 g/mol. The van der Waals surface area contributed by atoms with Gasteiger partial charge < -0.3 is 4.98 Å². The summed E-state index contributed by atoms with van der Waals surface area (Å²) in [5.74, 6) is 0.00981. The molecule has 0 aromatic carbocycles. The van der Waals surface area contributed by atoms with Crippen molar-refractivity contribution in [1.82, 2.24) is 9.97 Å². The number of nitrogens with zero attached hydrogens (tertiary/aromatic N) is 1. The summed E-state index contributed by atoms with van der Waals surface area (Å²) >= 11 is 1.10. The van der Waals surface area contributed by atoms with Crippen LogP contribution >= 0.6 is 11.8 Å². The van der Waals surface area contributed by atoms with Gasteiger partial charge >= 0.3 is 6.18 Å². The van der Waals surface area contributed by atoms with E-state index in [0.29, 0.717) is 5.16 Å². The third-order valence-electron chi connectivity index (χ3n) is 1.73. The number of imidazole rings is 1. The molecule has 1 aromatic rings. The van der Waals surface area contributed by atoms with Crippen molar-refractivity contribution in [3.05, 3.63) is 11.4 Å². The van der Waals surface area contributed by atoms with Crippen LogP contribution in [0.1, 0.15) is 17.8 Å². The molecule has 0 aliphatic rings. The van der Waals surface area contributed by atoms with Gasteiger partial charge in [-0.05, 0) is 13.8 Å². The van der Waals surface area contributed by atoms with Gasteiger partial charge in [0.25, 0.3) is 0 Å². The third kappa shape index (κ3) is 3.61. The van der Waals surface area contributed by atoms with E-state index in [0.717, 1.165) is 23.1 Å². The molecule has 0 atom stereocenters. The number of hydrogen-bond acceptors (Lipinski definition) is 2. The standard InChI is InChI=1S/C8H11F3N2S/c1-5-6(2)13-7(12-5)14-4-3-8(9,10)11/h3-4H2,1-2H3,(H,12,13). The Bertz CT molecular complexity index is 287. The quantitative estimate of drug-likeness (QED) is 0.799. The number of nitrogens with one attached hydrogen (secondary N) is 1. The summed E-state index contributed by atoms with van der Waals surface area (Å²) in [4.78, 5) is 6.98. The molecule has 0 fully saturated rings. The number of aromatic nitrogens is 2. The van der Waals surface area contributed by atoms with Crippen molar-refractivity contribution in [3.8, 4) is 0 Å². The van der Waals surface area contributed by atoms with Gasteiger partial charge in [-0.2, -0.15) is 13.2 Å². The molecule has 0 aliphatic heterocycles. The highest BCUT2D eigenvalue weighted by molar-refractivity contribution is 7.99. The van der Waals surface area contributed by atoms with Crippen LogP contribution < -0.4 is 0 Å². The molecule has 0 saturated heterocycles. The molecule has 0 aliphatic carbocycles. The van der Waals surface area contributed by atoms with E-state index in [4.69, 9.17) is 0 Å². The van der Waals surface area contributed by atoms with E-state index in [-0.39, 0.29) is 5.75 Å². The first kappa shape index (κ1) is 11.4. The van der Waals surface area contributed by atoms with E-state index in [2.05, 4.69) is 9.97 Å². The number of alkyl halides is 3. The second-order valence-electron chi connectivity index (χ2n) is 2.97. The Morgan fingerprint density at radius 3 is 2.43 bits per heavy atom. The summed E-state index contributed by atoms with van der Waals surface area (Å²) in [6, 6.07) is 0. The Morgan fingerprint density at radius 2 is 2.00 bits per heavy atom. The van der Waals surface area contributed by atoms with Crippen molar-refractivity contribution in [2.24, 2.45) is 0 Å². The van der Waals surface area contributed by atoms with E-state index in [1.165, 1.54) is 0 Å². The molecule has 1 heterocycles. The van der Waals surface area contributed by atoms with Crippen LogP contribution in [0.4, 0.5) is 13.2 Å². The van der Waals surface area contributed by atoms with Gasteiger partial charge in [0.15, 0.2) is 5.16 Å². The highest BCUT2D eigenvalue weighted by atomic mass is 32.2. The van der Waals surface area contributed by atoms with Gasteiger partial charge in [0, 0.05) is 11.4 Å². The fourth-order valence-corrected chi connectivity index (χ4v) is 1.80. The molecule has 1 N–H and O–H groups in total. The minimum atomic E-state index is -4.08. The number of rotatable bonds is 3. The molecule has 0 bridgehead atoms. The highest BCUT2D eigenvalue weighted by Crippen LogP contribution is 2.25. The molecule has 0 saturated carbocycles. The first-order chi connectivity index (χ1) is 6.38. The summed E-state index contributed by atoms with van der Waals surface area (Å²) < 4.78 is 35.4. The molecular weight excluding hydrogens is 213 g/mol. The Kier molecular flexibility index (Phi) is 3.47. The van der Waals surface area contributed by atoms with Crippen LogP contribution in [0, 0.1) is 13.8 Å². The second kappa shape index (κ2) is 4.25. The largest absolute Gasteiger partial charge is 0.389 e. The number of aromatic amines is 1. The maximum Gasteiger partial charge on any atom is 0.389 e. The maximum absolute atomic E-state index is 11.8. The molecule has 0 unspecified atom stereocenters. The lowest BCUT2D eigenvalue weighted by molar-refractivity contribution is -0.129. The van der Waals surface area contributed by atoms with Gasteiger partial charge in [-0.3, -0.25) is 0 Å². The highest BCUT2D eigenvalue weighted by Gasteiger charge is 2.26. The fourth-order valence-electron chi connectivity index (χ4n) is 0.847. The molecule has 80 valence electrons. The lowest BCUT2D eigenvalue weighted by Gasteiger charge is -2.03. The molecular formula is C8H11F3N2S. The molecule has 1 rings (SSSR count). The topological polar surface area (TPSA) is 28.7 Å². The molecule has 1 aromatic heterocycles. The van der Waals surface area contributed by atoms with Crippen LogP contribution in [0.2, 0.25) is 0 Å². The van der Waals surface area contributed by atoms with Crippen LogP contribution in [0.5, 0.6) is 0 Å². The van der Waals surface area contributed by atoms with Gasteiger partial charge in [-0.1, -0.05) is 11.8 Å². The van der Waals surface area contributed by atoms with E-state index < -0.39 is 12.6 Å². The molecule has 2 nitrogen and oxygen atoms in total. The number of hydrogen-bond donors (Lipinski definition) is 1. The van der Waals surface area contributed by atoms with Crippen LogP contribution in [0.15, 0.2) is 5.16 Å². The average Bonchev–Trinajstić information content (AvgIpc) is 2.28. The van der Waals surface area contributed by atoms with Gasteiger partial charge in [0.1, 0.15) is 0 Å². The monoisotopic (exact) mass is 224 g/mol. The molecule has 0 spiro atoms. The number of aryl methyl sites for hydroxylation is 2. The number of H-pyrrole nitrogens is 1. The predicted molar refractivity (Wildman–Crippen MR) is 49.5 cm³/mol. The summed E-state index contributed by atoms with van der Waals surface area (Å²) in [7, 11) is 0. The molecule has 6 heteroatoms. The maximum atomic E-state index is 11.8. The van der Waals surface area contributed by atoms with Crippen molar-refractivity contribution in [3.63, 3.8) is 0 Å². The molecule has 14 heavy (non-hydrogen) atoms. The van der Waals surface area contributed by atoms with Gasteiger partial charge in [-0.25, -0.2) is 4.98 Å². The SMILES string of the molecule is Cc1nc(SCCC(F)(F)F)[nH]c1C. The van der Waals surface area contributed by atoms with Crippen LogP contribution in [0.25, 0.3) is 0 Å². The van der Waals surface area contributed by atoms with E-state index >= 15 is 0 Å². The smallest absolute Gasteiger partial charge is 0.337 e. The van der Waals surface area contributed by atoms with E-state index in [9.17, 15) is 13.2 Å². The predicted octanol–water partition coefficient (Wildman–Crippen LogP) is 3.07. The first-order valence-corrected chi connectivity index (χ1v) is 5.10. The third-order valence-corrected chi connectivity index (χ3v) is 2.61. The van der Waals surface area contributed by atoms with Crippen molar-refractivity contribution in [1.29, 1.82) is 0 Å². The Labute approximate surface area is 84.3 Å². The zero-order chi connectivity index (χ0) is 10.8. The summed E-state index contributed by atoms with van der Waals surface area (Å²) in [6.45, 7) is 3.66. The van der Waals surface area contributed by atoms with Crippen LogP contribution in [0.3, 0.4) is 0 Å². The minimum Gasteiger partial charge on any atom is -0.337 e. The number of thioether (sulfide) groups is 1. The van der Waals surface area contributed by atoms with Crippen molar-refractivity contribution >= 4 is 11.8 Å². The van der Waals surface area contributed by atoms with Crippen LogP contribution in [-0.2, 0) is 0 Å². The van der Waals surface area contributed by atoms with E-state index in [1.807, 2.05) is 13.8 Å². The lowest BCUT2D eigenvalue weighted by Crippen LogP contribution is -2.08. The lowest BCUT2D eigenvalue weighted by atomic mass is 10.4. The zero-order valence-corrected chi connectivity index (χ0v) is 8.72. The Hall–Kier alpha value is -0.650. The first-order valence-electron chi connectivity index (χ1n) is 4.11. The van der Waals surface area contributed by atoms with Gasteiger partial charge in [0.05, 0.1) is 12.1 Å². The Morgan fingerprint density at radius 1 is 1.36 bits per heavy atom. The van der Waals surface area contributed by atoms with Crippen molar-refractivity contribution in [2.45, 2.75) is 31.6 Å². The number of halogens is 3.